The molecule has 0 saturated heterocycles. The highest BCUT2D eigenvalue weighted by Gasteiger charge is 2.28. The van der Waals surface area contributed by atoms with Crippen molar-refractivity contribution in [2.24, 2.45) is 7.05 Å². The van der Waals surface area contributed by atoms with Crippen LogP contribution in [0.3, 0.4) is 0 Å². The Bertz CT molecular complexity index is 800. The summed E-state index contributed by atoms with van der Waals surface area (Å²) in [7, 11) is -2.44. The maximum absolute atomic E-state index is 12.8. The van der Waals surface area contributed by atoms with Gasteiger partial charge in [0.25, 0.3) is 10.0 Å². The highest BCUT2D eigenvalue weighted by atomic mass is 32.2. The molecule has 1 N–H and O–H groups in total. The summed E-state index contributed by atoms with van der Waals surface area (Å²) in [6.07, 6.45) is 2.74. The van der Waals surface area contributed by atoms with Gasteiger partial charge in [-0.1, -0.05) is 6.07 Å². The Labute approximate surface area is 134 Å². The lowest BCUT2D eigenvalue weighted by molar-refractivity contribution is -0.135. The van der Waals surface area contributed by atoms with Crippen molar-refractivity contribution in [2.45, 2.75) is 11.8 Å². The molecule has 0 aliphatic carbocycles. The van der Waals surface area contributed by atoms with Crippen LogP contribution in [0.5, 0.6) is 5.75 Å². The minimum Gasteiger partial charge on any atom is -0.494 e. The first-order valence-corrected chi connectivity index (χ1v) is 8.24. The summed E-state index contributed by atoms with van der Waals surface area (Å²) in [6, 6.07) is 5.93. The Morgan fingerprint density at radius 2 is 2.17 bits per heavy atom. The van der Waals surface area contributed by atoms with E-state index in [1.165, 1.54) is 29.2 Å². The Balaban J connectivity index is 2.47. The second-order valence-corrected chi connectivity index (χ2v) is 6.55. The fraction of sp³-hybridized carbons (Fsp3) is 0.286. The van der Waals surface area contributed by atoms with Gasteiger partial charge in [0.05, 0.1) is 23.4 Å². The number of carbonyl (C=O) groups is 1. The fourth-order valence-electron chi connectivity index (χ4n) is 1.99. The standard InChI is InChI=1S/C14H17N3O5S/c1-3-22-12-5-4-6-13(7-12)23(20,21)17(10-14(18)19)11-8-15-16(2)9-11/h4-9H,3,10H2,1-2H3,(H,18,19). The number of carboxylic acids is 1. The quantitative estimate of drug-likeness (QED) is 0.810. The number of anilines is 1. The predicted molar refractivity (Wildman–Crippen MR) is 83.0 cm³/mol. The highest BCUT2D eigenvalue weighted by Crippen LogP contribution is 2.25. The Hall–Kier alpha value is -2.55. The Morgan fingerprint density at radius 1 is 1.43 bits per heavy atom. The zero-order chi connectivity index (χ0) is 17.0. The number of benzene rings is 1. The van der Waals surface area contributed by atoms with E-state index in [0.29, 0.717) is 12.4 Å². The molecule has 0 amide bonds. The number of sulfonamides is 1. The molecule has 8 nitrogen and oxygen atoms in total. The first kappa shape index (κ1) is 16.8. The molecule has 1 aromatic heterocycles. The van der Waals surface area contributed by atoms with Crippen LogP contribution in [0.1, 0.15) is 6.92 Å². The normalized spacial score (nSPS) is 11.2. The molecule has 0 aliphatic heterocycles. The van der Waals surface area contributed by atoms with E-state index in [-0.39, 0.29) is 10.6 Å². The van der Waals surface area contributed by atoms with Crippen LogP contribution in [0.2, 0.25) is 0 Å². The largest absolute Gasteiger partial charge is 0.494 e. The van der Waals surface area contributed by atoms with E-state index in [1.807, 2.05) is 0 Å². The lowest BCUT2D eigenvalue weighted by Crippen LogP contribution is -2.35. The van der Waals surface area contributed by atoms with E-state index in [9.17, 15) is 13.2 Å². The molecule has 0 aliphatic rings. The van der Waals surface area contributed by atoms with Gasteiger partial charge >= 0.3 is 5.97 Å². The van der Waals surface area contributed by atoms with Gasteiger partial charge in [0, 0.05) is 19.3 Å². The molecule has 2 rings (SSSR count). The van der Waals surface area contributed by atoms with E-state index in [1.54, 1.807) is 26.1 Å². The minimum absolute atomic E-state index is 0.0476. The number of hydrogen-bond acceptors (Lipinski definition) is 5. The Morgan fingerprint density at radius 3 is 2.74 bits per heavy atom. The van der Waals surface area contributed by atoms with Crippen LogP contribution in [0, 0.1) is 0 Å². The summed E-state index contributed by atoms with van der Waals surface area (Å²) in [6.45, 7) is 1.48. The van der Waals surface area contributed by atoms with Crippen LogP contribution in [-0.4, -0.2) is 42.4 Å². The number of aliphatic carboxylic acids is 1. The maximum atomic E-state index is 12.8. The van der Waals surface area contributed by atoms with Gasteiger partial charge in [0.2, 0.25) is 0 Å². The van der Waals surface area contributed by atoms with Crippen LogP contribution in [0.4, 0.5) is 5.69 Å². The second kappa shape index (κ2) is 6.69. The van der Waals surface area contributed by atoms with Gasteiger partial charge in [-0.05, 0) is 19.1 Å². The number of aryl methyl sites for hydroxylation is 1. The summed E-state index contributed by atoms with van der Waals surface area (Å²) in [5.41, 5.74) is 0.178. The molecule has 23 heavy (non-hydrogen) atoms. The number of nitrogens with zero attached hydrogens (tertiary/aromatic N) is 3. The number of ether oxygens (including phenoxy) is 1. The molecular weight excluding hydrogens is 322 g/mol. The van der Waals surface area contributed by atoms with Crippen molar-refractivity contribution in [1.82, 2.24) is 9.78 Å². The summed E-state index contributed by atoms with van der Waals surface area (Å²) in [5.74, 6) is -0.867. The van der Waals surface area contributed by atoms with Crippen molar-refractivity contribution >= 4 is 21.7 Å². The van der Waals surface area contributed by atoms with Crippen molar-refractivity contribution in [3.63, 3.8) is 0 Å². The van der Waals surface area contributed by atoms with Crippen molar-refractivity contribution in [2.75, 3.05) is 17.5 Å². The molecule has 9 heteroatoms. The number of rotatable bonds is 7. The van der Waals surface area contributed by atoms with Gasteiger partial charge in [-0.15, -0.1) is 0 Å². The van der Waals surface area contributed by atoms with Crippen molar-refractivity contribution < 1.29 is 23.1 Å². The van der Waals surface area contributed by atoms with Crippen molar-refractivity contribution in [3.05, 3.63) is 36.7 Å². The topological polar surface area (TPSA) is 102 Å². The van der Waals surface area contributed by atoms with Gasteiger partial charge in [-0.25, -0.2) is 8.42 Å². The van der Waals surface area contributed by atoms with Gasteiger partial charge in [-0.2, -0.15) is 5.10 Å². The SMILES string of the molecule is CCOc1cccc(S(=O)(=O)N(CC(=O)O)c2cnn(C)c2)c1. The van der Waals surface area contributed by atoms with Crippen LogP contribution < -0.4 is 9.04 Å². The lowest BCUT2D eigenvalue weighted by atomic mass is 10.3. The van der Waals surface area contributed by atoms with E-state index in [2.05, 4.69) is 5.10 Å². The van der Waals surface area contributed by atoms with Gasteiger partial charge in [-0.3, -0.25) is 13.8 Å². The van der Waals surface area contributed by atoms with Gasteiger partial charge in [0.1, 0.15) is 12.3 Å². The Kier molecular flexibility index (Phi) is 4.89. The molecule has 0 unspecified atom stereocenters. The van der Waals surface area contributed by atoms with E-state index in [4.69, 9.17) is 9.84 Å². The molecule has 0 radical (unpaired) electrons. The lowest BCUT2D eigenvalue weighted by Gasteiger charge is -2.21. The molecular formula is C14H17N3O5S. The fourth-order valence-corrected chi connectivity index (χ4v) is 3.42. The summed E-state index contributed by atoms with van der Waals surface area (Å²) >= 11 is 0. The first-order valence-electron chi connectivity index (χ1n) is 6.80. The second-order valence-electron chi connectivity index (χ2n) is 4.69. The smallest absolute Gasteiger partial charge is 0.324 e. The zero-order valence-electron chi connectivity index (χ0n) is 12.7. The number of hydrogen-bond donors (Lipinski definition) is 1. The molecule has 2 aromatic rings. The molecule has 0 atom stereocenters. The van der Waals surface area contributed by atoms with Crippen LogP contribution in [0.15, 0.2) is 41.6 Å². The van der Waals surface area contributed by atoms with Crippen molar-refractivity contribution in [1.29, 1.82) is 0 Å². The van der Waals surface area contributed by atoms with Crippen LogP contribution >= 0.6 is 0 Å². The summed E-state index contributed by atoms with van der Waals surface area (Å²) in [4.78, 5) is 11.0. The zero-order valence-corrected chi connectivity index (χ0v) is 13.5. The van der Waals surface area contributed by atoms with E-state index < -0.39 is 22.5 Å². The predicted octanol–water partition coefficient (Wildman–Crippen LogP) is 1.10. The number of carboxylic acid groups (broad SMARTS) is 1. The third-order valence-corrected chi connectivity index (χ3v) is 4.73. The average molecular weight is 339 g/mol. The van der Waals surface area contributed by atoms with E-state index in [0.717, 1.165) is 4.31 Å². The molecule has 0 saturated carbocycles. The van der Waals surface area contributed by atoms with Crippen LogP contribution in [0.25, 0.3) is 0 Å². The van der Waals surface area contributed by atoms with E-state index >= 15 is 0 Å². The monoisotopic (exact) mass is 339 g/mol. The molecule has 0 fully saturated rings. The maximum Gasteiger partial charge on any atom is 0.324 e. The van der Waals surface area contributed by atoms with Crippen LogP contribution in [-0.2, 0) is 21.9 Å². The third kappa shape index (κ3) is 3.81. The molecule has 1 aromatic carbocycles. The summed E-state index contributed by atoms with van der Waals surface area (Å²) < 4.78 is 33.1. The average Bonchev–Trinajstić information content (AvgIpc) is 2.91. The molecule has 1 heterocycles. The van der Waals surface area contributed by atoms with Gasteiger partial charge in [0.15, 0.2) is 0 Å². The first-order chi connectivity index (χ1) is 10.8. The number of aromatic nitrogens is 2. The molecule has 0 bridgehead atoms. The molecule has 124 valence electrons. The molecule has 0 spiro atoms. The van der Waals surface area contributed by atoms with Gasteiger partial charge < -0.3 is 9.84 Å². The summed E-state index contributed by atoms with van der Waals surface area (Å²) in [5, 5.41) is 12.9. The third-order valence-electron chi connectivity index (χ3n) is 2.96. The minimum atomic E-state index is -4.06. The highest BCUT2D eigenvalue weighted by molar-refractivity contribution is 7.92. The van der Waals surface area contributed by atoms with Crippen molar-refractivity contribution in [3.8, 4) is 5.75 Å².